The molecule has 2 rings (SSSR count). The van der Waals surface area contributed by atoms with Gasteiger partial charge in [0.15, 0.2) is 0 Å². The zero-order chi connectivity index (χ0) is 11.2. The summed E-state index contributed by atoms with van der Waals surface area (Å²) in [5.41, 5.74) is 0. The highest BCUT2D eigenvalue weighted by molar-refractivity contribution is 4.72. The van der Waals surface area contributed by atoms with Gasteiger partial charge in [-0.1, -0.05) is 0 Å². The largest absolute Gasteiger partial charge is 0.366 e. The highest BCUT2D eigenvalue weighted by Gasteiger charge is 2.21. The molecule has 1 saturated carbocycles. The molecule has 2 aliphatic rings. The zero-order valence-electron chi connectivity index (χ0n) is 10.6. The predicted octanol–water partition coefficient (Wildman–Crippen LogP) is 1.69. The molecule has 0 bridgehead atoms. The summed E-state index contributed by atoms with van der Waals surface area (Å²) in [6.45, 7) is 5.42. The van der Waals surface area contributed by atoms with Crippen LogP contribution < -0.4 is 5.32 Å². The normalized spacial score (nSPS) is 22.9. The van der Waals surface area contributed by atoms with Gasteiger partial charge in [0.05, 0.1) is 13.3 Å². The van der Waals surface area contributed by atoms with Crippen LogP contribution in [0.2, 0.25) is 0 Å². The lowest BCUT2D eigenvalue weighted by molar-refractivity contribution is 0.0338. The third kappa shape index (κ3) is 4.81. The maximum absolute atomic E-state index is 5.67. The van der Waals surface area contributed by atoms with Crippen LogP contribution in [0.25, 0.3) is 0 Å². The number of hydrogen-bond acceptors (Lipinski definition) is 3. The van der Waals surface area contributed by atoms with Gasteiger partial charge in [-0.15, -0.1) is 0 Å². The van der Waals surface area contributed by atoms with Crippen LogP contribution in [-0.2, 0) is 4.74 Å². The molecule has 0 unspecified atom stereocenters. The predicted molar refractivity (Wildman–Crippen MR) is 66.4 cm³/mol. The smallest absolute Gasteiger partial charge is 0.0987 e. The average Bonchev–Trinajstić information content (AvgIpc) is 3.12. The summed E-state index contributed by atoms with van der Waals surface area (Å²) in [6, 6.07) is 0. The van der Waals surface area contributed by atoms with Crippen molar-refractivity contribution in [3.05, 3.63) is 0 Å². The number of hydrogen-bond donors (Lipinski definition) is 1. The highest BCUT2D eigenvalue weighted by atomic mass is 16.5. The number of nitrogens with one attached hydrogen (secondary N) is 1. The fourth-order valence-corrected chi connectivity index (χ4v) is 2.30. The number of rotatable bonds is 7. The summed E-state index contributed by atoms with van der Waals surface area (Å²) in [5.74, 6) is 1.82. The van der Waals surface area contributed by atoms with Crippen LogP contribution in [0.4, 0.5) is 0 Å². The van der Waals surface area contributed by atoms with Crippen LogP contribution in [0.5, 0.6) is 0 Å². The number of nitrogens with zero attached hydrogens (tertiary/aromatic N) is 1. The van der Waals surface area contributed by atoms with Gasteiger partial charge in [-0.05, 0) is 64.1 Å². The van der Waals surface area contributed by atoms with Gasteiger partial charge >= 0.3 is 0 Å². The Bertz CT molecular complexity index is 188. The lowest BCUT2D eigenvalue weighted by Gasteiger charge is -2.25. The quantitative estimate of drug-likeness (QED) is 0.669. The lowest BCUT2D eigenvalue weighted by atomic mass is 9.95. The molecule has 3 nitrogen and oxygen atoms in total. The zero-order valence-corrected chi connectivity index (χ0v) is 10.6. The topological polar surface area (TPSA) is 24.5 Å². The molecular formula is C13H26N2O. The highest BCUT2D eigenvalue weighted by Crippen LogP contribution is 2.28. The van der Waals surface area contributed by atoms with Crippen LogP contribution >= 0.6 is 0 Å². The minimum atomic E-state index is 0.821. The van der Waals surface area contributed by atoms with E-state index in [4.69, 9.17) is 4.74 Å². The first kappa shape index (κ1) is 12.3. The van der Waals surface area contributed by atoms with Crippen LogP contribution in [0, 0.1) is 11.8 Å². The molecule has 1 aliphatic carbocycles. The molecule has 0 aromatic carbocycles. The molecular weight excluding hydrogens is 200 g/mol. The van der Waals surface area contributed by atoms with Crippen molar-refractivity contribution < 1.29 is 4.74 Å². The summed E-state index contributed by atoms with van der Waals surface area (Å²) >= 11 is 0. The van der Waals surface area contributed by atoms with E-state index >= 15 is 0 Å². The van der Waals surface area contributed by atoms with Crippen LogP contribution in [0.1, 0.15) is 32.1 Å². The second-order valence-electron chi connectivity index (χ2n) is 5.50. The van der Waals surface area contributed by atoms with E-state index in [0.717, 1.165) is 25.2 Å². The van der Waals surface area contributed by atoms with Crippen molar-refractivity contribution >= 4 is 0 Å². The molecule has 0 aromatic rings. The minimum Gasteiger partial charge on any atom is -0.366 e. The molecule has 1 heterocycles. The van der Waals surface area contributed by atoms with E-state index in [1.54, 1.807) is 0 Å². The molecule has 0 spiro atoms. The second-order valence-corrected chi connectivity index (χ2v) is 5.50. The van der Waals surface area contributed by atoms with E-state index in [2.05, 4.69) is 17.3 Å². The minimum absolute atomic E-state index is 0.821. The Morgan fingerprint density at radius 1 is 1.12 bits per heavy atom. The molecule has 2 fully saturated rings. The summed E-state index contributed by atoms with van der Waals surface area (Å²) in [7, 11) is 2.17. The monoisotopic (exact) mass is 226 g/mol. The molecule has 1 N–H and O–H groups in total. The van der Waals surface area contributed by atoms with Crippen molar-refractivity contribution in [3.63, 3.8) is 0 Å². The molecule has 0 aromatic heterocycles. The fraction of sp³-hybridized carbons (Fsp3) is 1.00. The molecule has 16 heavy (non-hydrogen) atoms. The van der Waals surface area contributed by atoms with Gasteiger partial charge in [0.1, 0.15) is 0 Å². The summed E-state index contributed by atoms with van der Waals surface area (Å²) in [6.07, 6.45) is 6.83. The van der Waals surface area contributed by atoms with Crippen molar-refractivity contribution in [2.75, 3.05) is 40.0 Å². The molecule has 1 aliphatic heterocycles. The fourth-order valence-electron chi connectivity index (χ4n) is 2.30. The maximum Gasteiger partial charge on any atom is 0.0987 e. The summed E-state index contributed by atoms with van der Waals surface area (Å²) < 4.78 is 5.67. The second kappa shape index (κ2) is 6.58. The molecule has 0 amide bonds. The van der Waals surface area contributed by atoms with Crippen molar-refractivity contribution in [1.29, 1.82) is 0 Å². The van der Waals surface area contributed by atoms with Gasteiger partial charge in [-0.3, -0.25) is 4.90 Å². The standard InChI is InChI=1S/C13H26N2O/c1-15(11-16-10-13-2-3-13)9-6-12-4-7-14-8-5-12/h12-14H,2-11H2,1H3. The Morgan fingerprint density at radius 2 is 1.88 bits per heavy atom. The summed E-state index contributed by atoms with van der Waals surface area (Å²) in [5, 5.41) is 3.42. The van der Waals surface area contributed by atoms with E-state index in [0.29, 0.717) is 0 Å². The van der Waals surface area contributed by atoms with E-state index < -0.39 is 0 Å². The Morgan fingerprint density at radius 3 is 2.56 bits per heavy atom. The summed E-state index contributed by atoms with van der Waals surface area (Å²) in [4.78, 5) is 2.32. The van der Waals surface area contributed by atoms with Gasteiger partial charge in [-0.25, -0.2) is 0 Å². The molecule has 0 atom stereocenters. The van der Waals surface area contributed by atoms with Crippen LogP contribution in [0.3, 0.4) is 0 Å². The third-order valence-corrected chi connectivity index (χ3v) is 3.74. The molecule has 94 valence electrons. The number of ether oxygens (including phenoxy) is 1. The van der Waals surface area contributed by atoms with E-state index in [1.165, 1.54) is 51.7 Å². The Kier molecular flexibility index (Phi) is 5.07. The first-order valence-electron chi connectivity index (χ1n) is 6.81. The van der Waals surface area contributed by atoms with Gasteiger partial charge in [0.25, 0.3) is 0 Å². The number of piperidine rings is 1. The first-order chi connectivity index (χ1) is 7.84. The van der Waals surface area contributed by atoms with Gasteiger partial charge in [0.2, 0.25) is 0 Å². The van der Waals surface area contributed by atoms with E-state index in [9.17, 15) is 0 Å². The van der Waals surface area contributed by atoms with Crippen molar-refractivity contribution in [1.82, 2.24) is 10.2 Å². The van der Waals surface area contributed by atoms with Gasteiger partial charge in [0, 0.05) is 6.54 Å². The van der Waals surface area contributed by atoms with Crippen molar-refractivity contribution in [2.24, 2.45) is 11.8 Å². The van der Waals surface area contributed by atoms with Crippen molar-refractivity contribution in [3.8, 4) is 0 Å². The SMILES string of the molecule is CN(CCC1CCNCC1)COCC1CC1. The maximum atomic E-state index is 5.67. The molecule has 3 heteroatoms. The van der Waals surface area contributed by atoms with Crippen molar-refractivity contribution in [2.45, 2.75) is 32.1 Å². The van der Waals surface area contributed by atoms with E-state index in [1.807, 2.05) is 0 Å². The Hall–Kier alpha value is -0.120. The van der Waals surface area contributed by atoms with E-state index in [-0.39, 0.29) is 0 Å². The lowest BCUT2D eigenvalue weighted by Crippen LogP contribution is -2.31. The molecule has 1 saturated heterocycles. The average molecular weight is 226 g/mol. The van der Waals surface area contributed by atoms with Crippen LogP contribution in [0.15, 0.2) is 0 Å². The van der Waals surface area contributed by atoms with Gasteiger partial charge in [-0.2, -0.15) is 0 Å². The third-order valence-electron chi connectivity index (χ3n) is 3.74. The molecule has 0 radical (unpaired) electrons. The first-order valence-corrected chi connectivity index (χ1v) is 6.81. The Balaban J connectivity index is 1.46. The Labute approximate surface area is 99.5 Å². The van der Waals surface area contributed by atoms with Gasteiger partial charge < -0.3 is 10.1 Å². The van der Waals surface area contributed by atoms with Crippen LogP contribution in [-0.4, -0.2) is 44.9 Å².